The molecular weight excluding hydrogens is 310 g/mol. The fourth-order valence-corrected chi connectivity index (χ4v) is 2.58. The maximum atomic E-state index is 13.0. The number of carboxylic acid groups (broad SMARTS) is 1. The van der Waals surface area contributed by atoms with E-state index in [-0.39, 0.29) is 11.6 Å². The van der Waals surface area contributed by atoms with E-state index in [0.717, 1.165) is 4.90 Å². The molecule has 2 heterocycles. The molecule has 1 aliphatic rings. The standard InChI is InChI=1S/C17H17N3O4/c1-17(2,16(22)23)20-14-11(8-9-12(18)19-14)24-13(15(20)21)10-6-4-3-5-7-10/h3-9,13H,1-2H3,(H2,18,19)(H,22,23). The van der Waals surface area contributed by atoms with Gasteiger partial charge in [-0.05, 0) is 26.0 Å². The van der Waals surface area contributed by atoms with Crippen LogP contribution in [0, 0.1) is 0 Å². The van der Waals surface area contributed by atoms with Crippen molar-refractivity contribution in [2.75, 3.05) is 10.6 Å². The summed E-state index contributed by atoms with van der Waals surface area (Å²) in [5, 5.41) is 9.57. The van der Waals surface area contributed by atoms with Crippen LogP contribution in [0.4, 0.5) is 11.6 Å². The summed E-state index contributed by atoms with van der Waals surface area (Å²) in [4.78, 5) is 30.0. The Morgan fingerprint density at radius 1 is 1.25 bits per heavy atom. The summed E-state index contributed by atoms with van der Waals surface area (Å²) in [6, 6.07) is 12.0. The highest BCUT2D eigenvalue weighted by molar-refractivity contribution is 6.05. The second-order valence-electron chi connectivity index (χ2n) is 6.00. The molecule has 1 unspecified atom stereocenters. The van der Waals surface area contributed by atoms with Crippen LogP contribution in [0.25, 0.3) is 0 Å². The largest absolute Gasteiger partial charge is 0.480 e. The van der Waals surface area contributed by atoms with E-state index >= 15 is 0 Å². The first-order valence-corrected chi connectivity index (χ1v) is 7.38. The second kappa shape index (κ2) is 5.52. The molecule has 3 rings (SSSR count). The Morgan fingerprint density at radius 2 is 1.92 bits per heavy atom. The van der Waals surface area contributed by atoms with E-state index in [1.54, 1.807) is 36.4 Å². The van der Waals surface area contributed by atoms with Crippen molar-refractivity contribution in [3.8, 4) is 5.75 Å². The van der Waals surface area contributed by atoms with Crippen LogP contribution in [-0.4, -0.2) is 27.5 Å². The summed E-state index contributed by atoms with van der Waals surface area (Å²) < 4.78 is 5.79. The Balaban J connectivity index is 2.17. The third-order valence-electron chi connectivity index (χ3n) is 3.95. The van der Waals surface area contributed by atoms with Crippen molar-refractivity contribution in [2.24, 2.45) is 0 Å². The van der Waals surface area contributed by atoms with Gasteiger partial charge >= 0.3 is 5.97 Å². The molecule has 7 heteroatoms. The molecule has 0 saturated heterocycles. The number of nitrogens with zero attached hydrogens (tertiary/aromatic N) is 2. The smallest absolute Gasteiger partial charge is 0.329 e. The van der Waals surface area contributed by atoms with Crippen LogP contribution in [0.3, 0.4) is 0 Å². The van der Waals surface area contributed by atoms with Gasteiger partial charge in [-0.25, -0.2) is 9.78 Å². The topological polar surface area (TPSA) is 106 Å². The van der Waals surface area contributed by atoms with Crippen LogP contribution >= 0.6 is 0 Å². The van der Waals surface area contributed by atoms with E-state index in [4.69, 9.17) is 10.5 Å². The summed E-state index contributed by atoms with van der Waals surface area (Å²) in [7, 11) is 0. The average molecular weight is 327 g/mol. The summed E-state index contributed by atoms with van der Waals surface area (Å²) >= 11 is 0. The molecule has 1 atom stereocenters. The number of rotatable bonds is 3. The van der Waals surface area contributed by atoms with Crippen LogP contribution in [0.1, 0.15) is 25.5 Å². The molecule has 2 aromatic rings. The number of nitrogens with two attached hydrogens (primary N) is 1. The SMILES string of the molecule is CC(C)(C(=O)O)N1C(=O)C(c2ccccc2)Oc2ccc(N)nc21. The first-order chi connectivity index (χ1) is 11.3. The molecule has 1 amide bonds. The van der Waals surface area contributed by atoms with Crippen molar-refractivity contribution in [2.45, 2.75) is 25.5 Å². The van der Waals surface area contributed by atoms with Crippen molar-refractivity contribution < 1.29 is 19.4 Å². The van der Waals surface area contributed by atoms with Gasteiger partial charge < -0.3 is 15.6 Å². The number of pyridine rings is 1. The highest BCUT2D eigenvalue weighted by Gasteiger charge is 2.47. The van der Waals surface area contributed by atoms with Crippen molar-refractivity contribution in [3.05, 3.63) is 48.0 Å². The number of anilines is 2. The molecule has 24 heavy (non-hydrogen) atoms. The molecule has 124 valence electrons. The lowest BCUT2D eigenvalue weighted by molar-refractivity contribution is -0.145. The maximum absolute atomic E-state index is 13.0. The van der Waals surface area contributed by atoms with Gasteiger partial charge in [-0.15, -0.1) is 0 Å². The summed E-state index contributed by atoms with van der Waals surface area (Å²) in [5.74, 6) is -1.06. The zero-order valence-corrected chi connectivity index (χ0v) is 13.3. The number of carbonyl (C=O) groups is 2. The molecule has 1 aromatic carbocycles. The third-order valence-corrected chi connectivity index (χ3v) is 3.95. The monoisotopic (exact) mass is 327 g/mol. The molecule has 0 aliphatic carbocycles. The lowest BCUT2D eigenvalue weighted by Gasteiger charge is -2.40. The van der Waals surface area contributed by atoms with Crippen molar-refractivity contribution >= 4 is 23.5 Å². The molecule has 3 N–H and O–H groups in total. The van der Waals surface area contributed by atoms with Gasteiger partial charge in [0.25, 0.3) is 5.91 Å². The molecule has 0 bridgehead atoms. The van der Waals surface area contributed by atoms with Gasteiger partial charge in [-0.1, -0.05) is 30.3 Å². The number of aliphatic carboxylic acids is 1. The number of nitrogen functional groups attached to an aromatic ring is 1. The number of fused-ring (bicyclic) bond motifs is 1. The van der Waals surface area contributed by atoms with E-state index in [1.807, 2.05) is 6.07 Å². The summed E-state index contributed by atoms with van der Waals surface area (Å²) in [5.41, 5.74) is 4.83. The number of hydrogen-bond donors (Lipinski definition) is 2. The summed E-state index contributed by atoms with van der Waals surface area (Å²) in [6.07, 6.45) is -0.942. The lowest BCUT2D eigenvalue weighted by Crippen LogP contribution is -2.57. The van der Waals surface area contributed by atoms with E-state index in [1.165, 1.54) is 13.8 Å². The normalized spacial score (nSPS) is 17.2. The Hall–Kier alpha value is -3.09. The molecule has 0 radical (unpaired) electrons. The number of amides is 1. The van der Waals surface area contributed by atoms with E-state index in [9.17, 15) is 14.7 Å². The Morgan fingerprint density at radius 3 is 2.54 bits per heavy atom. The van der Waals surface area contributed by atoms with Gasteiger partial charge in [0.05, 0.1) is 0 Å². The van der Waals surface area contributed by atoms with Crippen molar-refractivity contribution in [1.29, 1.82) is 0 Å². The number of carboxylic acids is 1. The van der Waals surface area contributed by atoms with Gasteiger partial charge in [0.2, 0.25) is 6.10 Å². The lowest BCUT2D eigenvalue weighted by atomic mass is 9.98. The summed E-state index contributed by atoms with van der Waals surface area (Å²) in [6.45, 7) is 2.88. The zero-order chi connectivity index (χ0) is 17.5. The maximum Gasteiger partial charge on any atom is 0.329 e. The highest BCUT2D eigenvalue weighted by Crippen LogP contribution is 2.41. The zero-order valence-electron chi connectivity index (χ0n) is 13.3. The molecule has 0 spiro atoms. The number of benzene rings is 1. The number of aromatic nitrogens is 1. The predicted molar refractivity (Wildman–Crippen MR) is 87.7 cm³/mol. The number of hydrogen-bond acceptors (Lipinski definition) is 5. The Bertz CT molecular complexity index is 805. The minimum atomic E-state index is -1.51. The molecular formula is C17H17N3O4. The van der Waals surface area contributed by atoms with Gasteiger partial charge in [0.15, 0.2) is 11.6 Å². The Labute approximate surface area is 138 Å². The van der Waals surface area contributed by atoms with Crippen molar-refractivity contribution in [1.82, 2.24) is 4.98 Å². The quantitative estimate of drug-likeness (QED) is 0.893. The number of ether oxygens (including phenoxy) is 1. The molecule has 0 fully saturated rings. The first-order valence-electron chi connectivity index (χ1n) is 7.38. The van der Waals surface area contributed by atoms with E-state index in [0.29, 0.717) is 11.3 Å². The van der Waals surface area contributed by atoms with Crippen LogP contribution in [0.15, 0.2) is 42.5 Å². The fraction of sp³-hybridized carbons (Fsp3) is 0.235. The molecule has 7 nitrogen and oxygen atoms in total. The highest BCUT2D eigenvalue weighted by atomic mass is 16.5. The van der Waals surface area contributed by atoms with Crippen molar-refractivity contribution in [3.63, 3.8) is 0 Å². The van der Waals surface area contributed by atoms with Crippen LogP contribution in [0.5, 0.6) is 5.75 Å². The Kier molecular flexibility index (Phi) is 3.63. The second-order valence-corrected chi connectivity index (χ2v) is 6.00. The minimum absolute atomic E-state index is 0.111. The van der Waals surface area contributed by atoms with Crippen LogP contribution < -0.4 is 15.4 Å². The van der Waals surface area contributed by atoms with Crippen LogP contribution in [-0.2, 0) is 9.59 Å². The minimum Gasteiger partial charge on any atom is -0.480 e. The van der Waals surface area contributed by atoms with E-state index in [2.05, 4.69) is 4.98 Å². The molecule has 1 aromatic heterocycles. The number of carbonyl (C=O) groups excluding carboxylic acids is 1. The van der Waals surface area contributed by atoms with Gasteiger partial charge in [0.1, 0.15) is 11.4 Å². The third kappa shape index (κ3) is 2.44. The predicted octanol–water partition coefficient (Wildman–Crippen LogP) is 1.99. The van der Waals surface area contributed by atoms with Gasteiger partial charge in [0, 0.05) is 5.56 Å². The average Bonchev–Trinajstić information content (AvgIpc) is 2.54. The molecule has 1 aliphatic heterocycles. The van der Waals surface area contributed by atoms with Crippen LogP contribution in [0.2, 0.25) is 0 Å². The fourth-order valence-electron chi connectivity index (χ4n) is 2.58. The first kappa shape index (κ1) is 15.8. The molecule has 0 saturated carbocycles. The van der Waals surface area contributed by atoms with E-state index < -0.39 is 23.5 Å². The van der Waals surface area contributed by atoms with Gasteiger partial charge in [-0.2, -0.15) is 0 Å². The van der Waals surface area contributed by atoms with Gasteiger partial charge in [-0.3, -0.25) is 9.69 Å².